The number of thiophene rings is 1. The summed E-state index contributed by atoms with van der Waals surface area (Å²) < 4.78 is 6.11. The summed E-state index contributed by atoms with van der Waals surface area (Å²) in [6, 6.07) is 11.3. The Morgan fingerprint density at radius 1 is 1.35 bits per heavy atom. The third-order valence-electron chi connectivity index (χ3n) is 2.35. The second-order valence-electron chi connectivity index (χ2n) is 3.56. The normalized spacial score (nSPS) is 10.2. The summed E-state index contributed by atoms with van der Waals surface area (Å²) in [5, 5.41) is 0. The summed E-state index contributed by atoms with van der Waals surface area (Å²) in [4.78, 5) is 12.8. The van der Waals surface area contributed by atoms with Crippen molar-refractivity contribution in [3.8, 4) is 5.75 Å². The zero-order valence-electron chi connectivity index (χ0n) is 9.27. The number of carbonyl (C=O) groups is 1. The zero-order valence-corrected chi connectivity index (χ0v) is 11.7. The van der Waals surface area contributed by atoms with E-state index in [1.807, 2.05) is 36.4 Å². The molecule has 0 bridgehead atoms. The van der Waals surface area contributed by atoms with Gasteiger partial charge in [-0.05, 0) is 45.8 Å². The number of ether oxygens (including phenoxy) is 1. The van der Waals surface area contributed by atoms with Gasteiger partial charge in [0.15, 0.2) is 5.78 Å². The van der Waals surface area contributed by atoms with Crippen LogP contribution in [-0.4, -0.2) is 12.9 Å². The predicted molar refractivity (Wildman–Crippen MR) is 73.0 cm³/mol. The lowest BCUT2D eigenvalue weighted by Gasteiger charge is -2.03. The maximum absolute atomic E-state index is 12.0. The maximum Gasteiger partial charge on any atom is 0.177 e. The first-order chi connectivity index (χ1) is 8.19. The van der Waals surface area contributed by atoms with Gasteiger partial charge >= 0.3 is 0 Å². The molecule has 2 aromatic rings. The van der Waals surface area contributed by atoms with Crippen molar-refractivity contribution < 1.29 is 9.53 Å². The molecule has 0 atom stereocenters. The van der Waals surface area contributed by atoms with E-state index >= 15 is 0 Å². The van der Waals surface area contributed by atoms with Crippen molar-refractivity contribution in [2.24, 2.45) is 0 Å². The molecule has 4 heteroatoms. The highest BCUT2D eigenvalue weighted by Crippen LogP contribution is 2.24. The van der Waals surface area contributed by atoms with E-state index in [4.69, 9.17) is 4.74 Å². The van der Waals surface area contributed by atoms with Crippen LogP contribution in [0.15, 0.2) is 40.2 Å². The smallest absolute Gasteiger partial charge is 0.177 e. The SMILES string of the molecule is COc1cccc(CC(=O)c2ccc(Br)s2)c1. The fourth-order valence-electron chi connectivity index (χ4n) is 1.52. The van der Waals surface area contributed by atoms with E-state index in [-0.39, 0.29) is 5.78 Å². The molecule has 17 heavy (non-hydrogen) atoms. The second kappa shape index (κ2) is 5.47. The van der Waals surface area contributed by atoms with Crippen LogP contribution in [-0.2, 0) is 6.42 Å². The van der Waals surface area contributed by atoms with Crippen LogP contribution in [0.3, 0.4) is 0 Å². The van der Waals surface area contributed by atoms with Crippen molar-refractivity contribution in [3.05, 3.63) is 50.6 Å². The van der Waals surface area contributed by atoms with Crippen molar-refractivity contribution in [2.75, 3.05) is 7.11 Å². The highest BCUT2D eigenvalue weighted by Gasteiger charge is 2.09. The van der Waals surface area contributed by atoms with Gasteiger partial charge in [-0.25, -0.2) is 0 Å². The molecule has 0 unspecified atom stereocenters. The Bertz CT molecular complexity index is 534. The molecule has 0 aliphatic heterocycles. The van der Waals surface area contributed by atoms with E-state index in [2.05, 4.69) is 15.9 Å². The fraction of sp³-hybridized carbons (Fsp3) is 0.154. The summed E-state index contributed by atoms with van der Waals surface area (Å²) in [6.07, 6.45) is 0.407. The van der Waals surface area contributed by atoms with Crippen molar-refractivity contribution in [3.63, 3.8) is 0 Å². The average molecular weight is 311 g/mol. The quantitative estimate of drug-likeness (QED) is 0.799. The van der Waals surface area contributed by atoms with Gasteiger partial charge in [0.1, 0.15) is 5.75 Å². The first kappa shape index (κ1) is 12.3. The highest BCUT2D eigenvalue weighted by atomic mass is 79.9. The van der Waals surface area contributed by atoms with Gasteiger partial charge in [-0.3, -0.25) is 4.79 Å². The highest BCUT2D eigenvalue weighted by molar-refractivity contribution is 9.11. The Kier molecular flexibility index (Phi) is 3.97. The lowest BCUT2D eigenvalue weighted by atomic mass is 10.1. The third-order valence-corrected chi connectivity index (χ3v) is 4.01. The number of benzene rings is 1. The molecule has 0 amide bonds. The zero-order chi connectivity index (χ0) is 12.3. The number of rotatable bonds is 4. The number of methoxy groups -OCH3 is 1. The van der Waals surface area contributed by atoms with Crippen molar-refractivity contribution in [2.45, 2.75) is 6.42 Å². The third kappa shape index (κ3) is 3.17. The summed E-state index contributed by atoms with van der Waals surface area (Å²) in [7, 11) is 1.62. The molecule has 0 fully saturated rings. The van der Waals surface area contributed by atoms with Crippen LogP contribution in [0.25, 0.3) is 0 Å². The van der Waals surface area contributed by atoms with Gasteiger partial charge in [-0.15, -0.1) is 11.3 Å². The van der Waals surface area contributed by atoms with Crippen molar-refractivity contribution in [1.29, 1.82) is 0 Å². The Morgan fingerprint density at radius 3 is 2.82 bits per heavy atom. The molecule has 2 nitrogen and oxygen atoms in total. The molecule has 0 N–H and O–H groups in total. The molecule has 1 heterocycles. The predicted octanol–water partition coefficient (Wildman–Crippen LogP) is 3.94. The molecule has 1 aromatic carbocycles. The van der Waals surface area contributed by atoms with Crippen LogP contribution in [0.4, 0.5) is 0 Å². The van der Waals surface area contributed by atoms with E-state index in [0.717, 1.165) is 20.0 Å². The molecule has 0 saturated heterocycles. The minimum Gasteiger partial charge on any atom is -0.497 e. The van der Waals surface area contributed by atoms with Crippen LogP contribution in [0.5, 0.6) is 5.75 Å². The average Bonchev–Trinajstić information content (AvgIpc) is 2.76. The Labute approximate surface area is 112 Å². The van der Waals surface area contributed by atoms with Crippen molar-refractivity contribution >= 4 is 33.0 Å². The first-order valence-electron chi connectivity index (χ1n) is 5.10. The van der Waals surface area contributed by atoms with Crippen LogP contribution in [0.2, 0.25) is 0 Å². The molecule has 0 aliphatic carbocycles. The lowest BCUT2D eigenvalue weighted by Crippen LogP contribution is -2.01. The van der Waals surface area contributed by atoms with Gasteiger partial charge < -0.3 is 4.74 Å². The van der Waals surface area contributed by atoms with Crippen LogP contribution >= 0.6 is 27.3 Å². The monoisotopic (exact) mass is 310 g/mol. The number of ketones is 1. The van der Waals surface area contributed by atoms with Gasteiger partial charge in [-0.2, -0.15) is 0 Å². The number of hydrogen-bond acceptors (Lipinski definition) is 3. The van der Waals surface area contributed by atoms with E-state index < -0.39 is 0 Å². The van der Waals surface area contributed by atoms with Gasteiger partial charge in [0.2, 0.25) is 0 Å². The van der Waals surface area contributed by atoms with Crippen LogP contribution < -0.4 is 4.74 Å². The minimum absolute atomic E-state index is 0.133. The molecule has 0 saturated carbocycles. The summed E-state index contributed by atoms with van der Waals surface area (Å²) in [5.74, 6) is 0.914. The number of halogens is 1. The van der Waals surface area contributed by atoms with E-state index in [9.17, 15) is 4.79 Å². The van der Waals surface area contributed by atoms with E-state index in [1.165, 1.54) is 11.3 Å². The molecule has 88 valence electrons. The lowest BCUT2D eigenvalue weighted by molar-refractivity contribution is 0.0997. The van der Waals surface area contributed by atoms with Crippen molar-refractivity contribution in [1.82, 2.24) is 0 Å². The molecular weight excluding hydrogens is 300 g/mol. The largest absolute Gasteiger partial charge is 0.497 e. The summed E-state index contributed by atoms with van der Waals surface area (Å²) in [6.45, 7) is 0. The van der Waals surface area contributed by atoms with Gasteiger partial charge in [0, 0.05) is 6.42 Å². The van der Waals surface area contributed by atoms with Crippen LogP contribution in [0.1, 0.15) is 15.2 Å². The van der Waals surface area contributed by atoms with E-state index in [1.54, 1.807) is 7.11 Å². The van der Waals surface area contributed by atoms with Gasteiger partial charge in [0.05, 0.1) is 15.8 Å². The number of Topliss-reactive ketones (excluding diaryl/α,β-unsaturated/α-hetero) is 1. The number of carbonyl (C=O) groups excluding carboxylic acids is 1. The molecule has 1 aromatic heterocycles. The Morgan fingerprint density at radius 2 is 2.18 bits per heavy atom. The number of hydrogen-bond donors (Lipinski definition) is 0. The molecule has 0 spiro atoms. The van der Waals surface area contributed by atoms with Crippen LogP contribution in [0, 0.1) is 0 Å². The van der Waals surface area contributed by atoms with Gasteiger partial charge in [0.25, 0.3) is 0 Å². The van der Waals surface area contributed by atoms with Gasteiger partial charge in [-0.1, -0.05) is 12.1 Å². The summed E-state index contributed by atoms with van der Waals surface area (Å²) in [5.41, 5.74) is 0.971. The fourth-order valence-corrected chi connectivity index (χ4v) is 2.84. The van der Waals surface area contributed by atoms with E-state index in [0.29, 0.717) is 6.42 Å². The maximum atomic E-state index is 12.0. The first-order valence-corrected chi connectivity index (χ1v) is 6.71. The summed E-state index contributed by atoms with van der Waals surface area (Å²) >= 11 is 4.82. The topological polar surface area (TPSA) is 26.3 Å². The molecule has 0 aliphatic rings. The molecule has 2 rings (SSSR count). The Hall–Kier alpha value is -1.13. The standard InChI is InChI=1S/C13H11BrO2S/c1-16-10-4-2-3-9(7-10)8-11(15)12-5-6-13(14)17-12/h2-7H,8H2,1H3. The molecule has 0 radical (unpaired) electrons. The Balaban J connectivity index is 2.12. The minimum atomic E-state index is 0.133. The second-order valence-corrected chi connectivity index (χ2v) is 6.02. The molecular formula is C13H11BrO2S.